The Balaban J connectivity index is 1.54. The highest BCUT2D eigenvalue weighted by molar-refractivity contribution is 7.99. The molecule has 3 aromatic rings. The predicted molar refractivity (Wildman–Crippen MR) is 92.7 cm³/mol. The second-order valence-electron chi connectivity index (χ2n) is 5.00. The van der Waals surface area contributed by atoms with Crippen LogP contribution < -0.4 is 5.32 Å². The van der Waals surface area contributed by atoms with Crippen LogP contribution in [0.3, 0.4) is 0 Å². The lowest BCUT2D eigenvalue weighted by molar-refractivity contribution is -0.118. The molecule has 3 rings (SSSR count). The average Bonchev–Trinajstić information content (AvgIpc) is 3.22. The molecule has 1 N–H and O–H groups in total. The fourth-order valence-electron chi connectivity index (χ4n) is 2.08. The summed E-state index contributed by atoms with van der Waals surface area (Å²) in [6.07, 6.45) is 1.58. The monoisotopic (exact) mass is 362 g/mol. The van der Waals surface area contributed by atoms with E-state index >= 15 is 0 Å². The summed E-state index contributed by atoms with van der Waals surface area (Å²) in [6.45, 7) is 0.398. The molecule has 0 saturated carbocycles. The predicted octanol–water partition coefficient (Wildman–Crippen LogP) is 3.14. The number of carbonyl (C=O) groups is 1. The van der Waals surface area contributed by atoms with Crippen LogP contribution in [-0.2, 0) is 18.4 Å². The van der Waals surface area contributed by atoms with Gasteiger partial charge in [-0.25, -0.2) is 0 Å². The van der Waals surface area contributed by atoms with Crippen molar-refractivity contribution in [2.75, 3.05) is 5.75 Å². The maximum atomic E-state index is 12.0. The number of nitrogens with one attached hydrogen (secondary N) is 1. The first-order valence-corrected chi connectivity index (χ1v) is 8.57. The fraction of sp³-hybridized carbons (Fsp3) is 0.188. The third-order valence-electron chi connectivity index (χ3n) is 3.34. The molecule has 2 aromatic heterocycles. The molecule has 6 nitrogen and oxygen atoms in total. The number of halogens is 1. The molecule has 124 valence electrons. The molecule has 0 radical (unpaired) electrons. The minimum atomic E-state index is -0.0949. The molecule has 1 aromatic carbocycles. The number of rotatable bonds is 6. The Morgan fingerprint density at radius 1 is 1.29 bits per heavy atom. The summed E-state index contributed by atoms with van der Waals surface area (Å²) in [4.78, 5) is 12.0. The van der Waals surface area contributed by atoms with E-state index in [1.54, 1.807) is 23.0 Å². The standard InChI is InChI=1S/C16H15ClN4O2S/c1-21-15(13-7-4-8-23-13)19-20-16(21)24-10-14(22)18-9-11-5-2-3-6-12(11)17/h2-8H,9-10H2,1H3,(H,18,22). The Morgan fingerprint density at radius 2 is 2.12 bits per heavy atom. The van der Waals surface area contributed by atoms with Crippen LogP contribution in [0, 0.1) is 0 Å². The van der Waals surface area contributed by atoms with Gasteiger partial charge < -0.3 is 14.3 Å². The van der Waals surface area contributed by atoms with Crippen molar-refractivity contribution in [3.05, 3.63) is 53.2 Å². The number of thioether (sulfide) groups is 1. The zero-order valence-corrected chi connectivity index (χ0v) is 14.5. The van der Waals surface area contributed by atoms with Gasteiger partial charge in [0.15, 0.2) is 16.7 Å². The molecule has 0 aliphatic heterocycles. The van der Waals surface area contributed by atoms with Crippen LogP contribution in [0.1, 0.15) is 5.56 Å². The van der Waals surface area contributed by atoms with Crippen molar-refractivity contribution in [1.82, 2.24) is 20.1 Å². The van der Waals surface area contributed by atoms with E-state index in [1.807, 2.05) is 31.3 Å². The second-order valence-corrected chi connectivity index (χ2v) is 6.35. The molecule has 0 saturated heterocycles. The third-order valence-corrected chi connectivity index (χ3v) is 4.73. The number of hydrogen-bond donors (Lipinski definition) is 1. The molecule has 0 atom stereocenters. The smallest absolute Gasteiger partial charge is 0.230 e. The van der Waals surface area contributed by atoms with E-state index in [0.717, 1.165) is 5.56 Å². The van der Waals surface area contributed by atoms with Gasteiger partial charge in [0.1, 0.15) is 0 Å². The van der Waals surface area contributed by atoms with E-state index in [0.29, 0.717) is 28.3 Å². The summed E-state index contributed by atoms with van der Waals surface area (Å²) in [5, 5.41) is 12.3. The summed E-state index contributed by atoms with van der Waals surface area (Å²) in [5.41, 5.74) is 0.885. The Hall–Kier alpha value is -2.25. The van der Waals surface area contributed by atoms with Gasteiger partial charge in [0.05, 0.1) is 12.0 Å². The lowest BCUT2D eigenvalue weighted by Gasteiger charge is -2.06. The summed E-state index contributed by atoms with van der Waals surface area (Å²) < 4.78 is 7.11. The lowest BCUT2D eigenvalue weighted by Crippen LogP contribution is -2.24. The van der Waals surface area contributed by atoms with Crippen LogP contribution >= 0.6 is 23.4 Å². The second kappa shape index (κ2) is 7.55. The van der Waals surface area contributed by atoms with Crippen molar-refractivity contribution in [2.45, 2.75) is 11.7 Å². The molecule has 0 bridgehead atoms. The first kappa shape index (κ1) is 16.6. The topological polar surface area (TPSA) is 73.0 Å². The molecule has 24 heavy (non-hydrogen) atoms. The van der Waals surface area contributed by atoms with E-state index in [1.165, 1.54) is 11.8 Å². The van der Waals surface area contributed by atoms with Crippen LogP contribution in [0.15, 0.2) is 52.2 Å². The van der Waals surface area contributed by atoms with Gasteiger partial charge in [-0.1, -0.05) is 41.6 Å². The normalized spacial score (nSPS) is 10.8. The number of furan rings is 1. The van der Waals surface area contributed by atoms with Crippen molar-refractivity contribution in [3.63, 3.8) is 0 Å². The fourth-order valence-corrected chi connectivity index (χ4v) is 3.02. The van der Waals surface area contributed by atoms with Gasteiger partial charge in [-0.2, -0.15) is 0 Å². The number of carbonyl (C=O) groups excluding carboxylic acids is 1. The SMILES string of the molecule is Cn1c(SCC(=O)NCc2ccccc2Cl)nnc1-c1ccco1. The van der Waals surface area contributed by atoms with Gasteiger partial charge in [0, 0.05) is 18.6 Å². The first-order valence-electron chi connectivity index (χ1n) is 7.21. The van der Waals surface area contributed by atoms with E-state index in [4.69, 9.17) is 16.0 Å². The van der Waals surface area contributed by atoms with Crippen LogP contribution in [0.2, 0.25) is 5.02 Å². The van der Waals surface area contributed by atoms with Crippen LogP contribution in [0.25, 0.3) is 11.6 Å². The number of nitrogens with zero attached hydrogens (tertiary/aromatic N) is 3. The van der Waals surface area contributed by atoms with E-state index < -0.39 is 0 Å². The maximum Gasteiger partial charge on any atom is 0.230 e. The van der Waals surface area contributed by atoms with Crippen molar-refractivity contribution in [1.29, 1.82) is 0 Å². The molecule has 0 fully saturated rings. The molecule has 8 heteroatoms. The molecule has 0 unspecified atom stereocenters. The number of amides is 1. The Morgan fingerprint density at radius 3 is 2.88 bits per heavy atom. The minimum absolute atomic E-state index is 0.0949. The van der Waals surface area contributed by atoms with Gasteiger partial charge in [-0.05, 0) is 23.8 Å². The average molecular weight is 363 g/mol. The van der Waals surface area contributed by atoms with Gasteiger partial charge in [0.2, 0.25) is 5.91 Å². The van der Waals surface area contributed by atoms with E-state index in [9.17, 15) is 4.79 Å². The third kappa shape index (κ3) is 3.80. The molecule has 0 spiro atoms. The zero-order chi connectivity index (χ0) is 16.9. The van der Waals surface area contributed by atoms with Crippen LogP contribution in [0.4, 0.5) is 0 Å². The van der Waals surface area contributed by atoms with Crippen LogP contribution in [0.5, 0.6) is 0 Å². The van der Waals surface area contributed by atoms with E-state index in [-0.39, 0.29) is 11.7 Å². The van der Waals surface area contributed by atoms with Gasteiger partial charge in [-0.15, -0.1) is 10.2 Å². The summed E-state index contributed by atoms with van der Waals surface area (Å²) in [5.74, 6) is 1.41. The largest absolute Gasteiger partial charge is 0.461 e. The van der Waals surface area contributed by atoms with E-state index in [2.05, 4.69) is 15.5 Å². The first-order chi connectivity index (χ1) is 11.6. The molecule has 1 amide bonds. The highest BCUT2D eigenvalue weighted by Crippen LogP contribution is 2.22. The molecular formula is C16H15ClN4O2S. The Kier molecular flexibility index (Phi) is 5.22. The van der Waals surface area contributed by atoms with Gasteiger partial charge in [-0.3, -0.25) is 4.79 Å². The highest BCUT2D eigenvalue weighted by atomic mass is 35.5. The van der Waals surface area contributed by atoms with Crippen molar-refractivity contribution in [2.24, 2.45) is 7.05 Å². The summed E-state index contributed by atoms with van der Waals surface area (Å²) in [6, 6.07) is 11.0. The number of hydrogen-bond acceptors (Lipinski definition) is 5. The van der Waals surface area contributed by atoms with Gasteiger partial charge in [0.25, 0.3) is 0 Å². The maximum absolute atomic E-state index is 12.0. The minimum Gasteiger partial charge on any atom is -0.461 e. The molecular weight excluding hydrogens is 348 g/mol. The molecule has 0 aliphatic carbocycles. The lowest BCUT2D eigenvalue weighted by atomic mass is 10.2. The van der Waals surface area contributed by atoms with Crippen molar-refractivity contribution in [3.8, 4) is 11.6 Å². The summed E-state index contributed by atoms with van der Waals surface area (Å²) in [7, 11) is 1.84. The molecule has 2 heterocycles. The van der Waals surface area contributed by atoms with Crippen molar-refractivity contribution >= 4 is 29.3 Å². The highest BCUT2D eigenvalue weighted by Gasteiger charge is 2.14. The van der Waals surface area contributed by atoms with Crippen molar-refractivity contribution < 1.29 is 9.21 Å². The van der Waals surface area contributed by atoms with Crippen LogP contribution in [-0.4, -0.2) is 26.4 Å². The molecule has 0 aliphatic rings. The zero-order valence-electron chi connectivity index (χ0n) is 12.9. The number of aromatic nitrogens is 3. The van der Waals surface area contributed by atoms with Gasteiger partial charge >= 0.3 is 0 Å². The summed E-state index contributed by atoms with van der Waals surface area (Å²) >= 11 is 7.38. The number of benzene rings is 1. The Bertz CT molecular complexity index is 832. The Labute approximate surface area is 148 Å². The quantitative estimate of drug-likeness (QED) is 0.682.